The van der Waals surface area contributed by atoms with Crippen molar-refractivity contribution in [1.29, 1.82) is 5.26 Å². The molecule has 124 valence electrons. The molecule has 0 bridgehead atoms. The number of carbonyl (C=O) groups is 1. The number of ether oxygens (including phenoxy) is 1. The first-order chi connectivity index (χ1) is 10.8. The van der Waals surface area contributed by atoms with E-state index in [4.69, 9.17) is 10.00 Å². The van der Waals surface area contributed by atoms with E-state index in [0.717, 1.165) is 24.8 Å². The Labute approximate surface area is 138 Å². The SMILES string of the molecule is CC(C)(C)OC(=O)NC1(CNCc2cccc(C#N)c2)CCC1. The topological polar surface area (TPSA) is 74.2 Å². The molecule has 0 spiro atoms. The van der Waals surface area contributed by atoms with Gasteiger partial charge in [-0.15, -0.1) is 0 Å². The molecule has 5 heteroatoms. The lowest BCUT2D eigenvalue weighted by molar-refractivity contribution is 0.0382. The van der Waals surface area contributed by atoms with Gasteiger partial charge in [0.15, 0.2) is 0 Å². The van der Waals surface area contributed by atoms with Gasteiger partial charge in [-0.25, -0.2) is 4.79 Å². The lowest BCUT2D eigenvalue weighted by atomic mass is 9.76. The molecule has 0 atom stereocenters. The Kier molecular flexibility index (Phi) is 5.27. The monoisotopic (exact) mass is 315 g/mol. The number of amides is 1. The van der Waals surface area contributed by atoms with Crippen molar-refractivity contribution in [2.24, 2.45) is 0 Å². The number of carbonyl (C=O) groups excluding carboxylic acids is 1. The van der Waals surface area contributed by atoms with Crippen molar-refractivity contribution in [2.75, 3.05) is 6.54 Å². The van der Waals surface area contributed by atoms with Crippen LogP contribution in [-0.4, -0.2) is 23.8 Å². The molecule has 0 saturated heterocycles. The van der Waals surface area contributed by atoms with E-state index in [1.807, 2.05) is 39.0 Å². The third-order valence-corrected chi connectivity index (χ3v) is 3.93. The first-order valence-corrected chi connectivity index (χ1v) is 8.03. The lowest BCUT2D eigenvalue weighted by Gasteiger charge is -2.42. The molecule has 1 fully saturated rings. The van der Waals surface area contributed by atoms with Gasteiger partial charge in [-0.3, -0.25) is 0 Å². The summed E-state index contributed by atoms with van der Waals surface area (Å²) in [6.07, 6.45) is 2.67. The van der Waals surface area contributed by atoms with Gasteiger partial charge < -0.3 is 15.4 Å². The number of rotatable bonds is 5. The Bertz CT molecular complexity index is 595. The van der Waals surface area contributed by atoms with Crippen LogP contribution in [0.15, 0.2) is 24.3 Å². The maximum absolute atomic E-state index is 12.0. The van der Waals surface area contributed by atoms with E-state index in [2.05, 4.69) is 16.7 Å². The fraction of sp³-hybridized carbons (Fsp3) is 0.556. The van der Waals surface area contributed by atoms with Crippen LogP contribution in [0.25, 0.3) is 0 Å². The zero-order valence-corrected chi connectivity index (χ0v) is 14.1. The van der Waals surface area contributed by atoms with Crippen molar-refractivity contribution >= 4 is 6.09 Å². The Morgan fingerprint density at radius 2 is 2.13 bits per heavy atom. The lowest BCUT2D eigenvalue weighted by Crippen LogP contribution is -2.59. The maximum atomic E-state index is 12.0. The molecule has 1 aliphatic rings. The van der Waals surface area contributed by atoms with Crippen molar-refractivity contribution in [3.05, 3.63) is 35.4 Å². The van der Waals surface area contributed by atoms with E-state index in [-0.39, 0.29) is 11.6 Å². The van der Waals surface area contributed by atoms with E-state index in [0.29, 0.717) is 18.7 Å². The second-order valence-corrected chi connectivity index (χ2v) is 7.18. The van der Waals surface area contributed by atoms with Gasteiger partial charge in [-0.2, -0.15) is 5.26 Å². The number of hydrogen-bond donors (Lipinski definition) is 2. The summed E-state index contributed by atoms with van der Waals surface area (Å²) in [5.41, 5.74) is 1.03. The van der Waals surface area contributed by atoms with Crippen LogP contribution in [-0.2, 0) is 11.3 Å². The summed E-state index contributed by atoms with van der Waals surface area (Å²) < 4.78 is 5.35. The largest absolute Gasteiger partial charge is 0.444 e. The van der Waals surface area contributed by atoms with E-state index in [1.165, 1.54) is 0 Å². The zero-order chi connectivity index (χ0) is 16.9. The van der Waals surface area contributed by atoms with Gasteiger partial charge in [0, 0.05) is 13.1 Å². The summed E-state index contributed by atoms with van der Waals surface area (Å²) >= 11 is 0. The Balaban J connectivity index is 1.84. The van der Waals surface area contributed by atoms with E-state index < -0.39 is 5.60 Å². The average Bonchev–Trinajstić information content (AvgIpc) is 2.42. The number of nitrogens with zero attached hydrogens (tertiary/aromatic N) is 1. The Morgan fingerprint density at radius 1 is 1.39 bits per heavy atom. The normalized spacial score (nSPS) is 16.1. The minimum atomic E-state index is -0.486. The van der Waals surface area contributed by atoms with Crippen molar-refractivity contribution < 1.29 is 9.53 Å². The van der Waals surface area contributed by atoms with Crippen LogP contribution in [0.2, 0.25) is 0 Å². The van der Waals surface area contributed by atoms with Crippen LogP contribution in [0.3, 0.4) is 0 Å². The fourth-order valence-electron chi connectivity index (χ4n) is 2.67. The zero-order valence-electron chi connectivity index (χ0n) is 14.1. The molecule has 1 aromatic rings. The predicted octanol–water partition coefficient (Wildman–Crippen LogP) is 3.10. The first-order valence-electron chi connectivity index (χ1n) is 8.03. The predicted molar refractivity (Wildman–Crippen MR) is 88.8 cm³/mol. The summed E-state index contributed by atoms with van der Waals surface area (Å²) in [5, 5.41) is 15.3. The number of hydrogen-bond acceptors (Lipinski definition) is 4. The van der Waals surface area contributed by atoms with Crippen LogP contribution < -0.4 is 10.6 Å². The molecular formula is C18H25N3O2. The highest BCUT2D eigenvalue weighted by atomic mass is 16.6. The molecule has 1 saturated carbocycles. The second kappa shape index (κ2) is 7.01. The Hall–Kier alpha value is -2.06. The molecule has 0 radical (unpaired) electrons. The standard InChI is InChI=1S/C18H25N3O2/c1-17(2,3)23-16(22)21-18(8-5-9-18)13-20-12-15-7-4-6-14(10-15)11-19/h4,6-7,10,20H,5,8-9,12-13H2,1-3H3,(H,21,22). The number of benzene rings is 1. The van der Waals surface area contributed by atoms with Gasteiger partial charge in [0.05, 0.1) is 17.2 Å². The van der Waals surface area contributed by atoms with Gasteiger partial charge in [0.1, 0.15) is 5.60 Å². The molecule has 0 aromatic heterocycles. The Morgan fingerprint density at radius 3 is 2.70 bits per heavy atom. The van der Waals surface area contributed by atoms with Crippen molar-refractivity contribution in [3.63, 3.8) is 0 Å². The van der Waals surface area contributed by atoms with E-state index in [1.54, 1.807) is 6.07 Å². The second-order valence-electron chi connectivity index (χ2n) is 7.18. The molecular weight excluding hydrogens is 290 g/mol. The minimum Gasteiger partial charge on any atom is -0.444 e. The van der Waals surface area contributed by atoms with Gasteiger partial charge in [-0.1, -0.05) is 12.1 Å². The fourth-order valence-corrected chi connectivity index (χ4v) is 2.67. The summed E-state index contributed by atoms with van der Waals surface area (Å²) in [7, 11) is 0. The molecule has 1 aromatic carbocycles. The molecule has 23 heavy (non-hydrogen) atoms. The molecule has 0 unspecified atom stereocenters. The van der Waals surface area contributed by atoms with Crippen molar-refractivity contribution in [2.45, 2.75) is 57.7 Å². The highest BCUT2D eigenvalue weighted by Gasteiger charge is 2.39. The molecule has 2 N–H and O–H groups in total. The van der Waals surface area contributed by atoms with Crippen LogP contribution in [0, 0.1) is 11.3 Å². The summed E-state index contributed by atoms with van der Waals surface area (Å²) in [6.45, 7) is 6.96. The third-order valence-electron chi connectivity index (χ3n) is 3.93. The molecule has 1 amide bonds. The first kappa shape index (κ1) is 17.3. The molecule has 0 aliphatic heterocycles. The number of nitriles is 1. The smallest absolute Gasteiger partial charge is 0.408 e. The molecule has 2 rings (SSSR count). The van der Waals surface area contributed by atoms with E-state index in [9.17, 15) is 4.79 Å². The van der Waals surface area contributed by atoms with Gasteiger partial charge in [-0.05, 0) is 57.7 Å². The van der Waals surface area contributed by atoms with Crippen LogP contribution in [0.1, 0.15) is 51.2 Å². The minimum absolute atomic E-state index is 0.213. The summed E-state index contributed by atoms with van der Waals surface area (Å²) in [5.74, 6) is 0. The van der Waals surface area contributed by atoms with Crippen LogP contribution in [0.4, 0.5) is 4.79 Å². The average molecular weight is 315 g/mol. The summed E-state index contributed by atoms with van der Waals surface area (Å²) in [4.78, 5) is 12.0. The van der Waals surface area contributed by atoms with Gasteiger partial charge in [0.25, 0.3) is 0 Å². The third kappa shape index (κ3) is 5.26. The van der Waals surface area contributed by atoms with Crippen LogP contribution >= 0.6 is 0 Å². The van der Waals surface area contributed by atoms with Gasteiger partial charge >= 0.3 is 6.09 Å². The maximum Gasteiger partial charge on any atom is 0.408 e. The van der Waals surface area contributed by atoms with Gasteiger partial charge in [0.2, 0.25) is 0 Å². The molecule has 1 aliphatic carbocycles. The highest BCUT2D eigenvalue weighted by molar-refractivity contribution is 5.69. The summed E-state index contributed by atoms with van der Waals surface area (Å²) in [6, 6.07) is 9.68. The van der Waals surface area contributed by atoms with Crippen molar-refractivity contribution in [1.82, 2.24) is 10.6 Å². The van der Waals surface area contributed by atoms with Crippen LogP contribution in [0.5, 0.6) is 0 Å². The molecule has 0 heterocycles. The quantitative estimate of drug-likeness (QED) is 0.875. The number of nitrogens with one attached hydrogen (secondary N) is 2. The highest BCUT2D eigenvalue weighted by Crippen LogP contribution is 2.31. The molecule has 5 nitrogen and oxygen atoms in total. The van der Waals surface area contributed by atoms with E-state index >= 15 is 0 Å². The van der Waals surface area contributed by atoms with Crippen molar-refractivity contribution in [3.8, 4) is 6.07 Å². The number of alkyl carbamates (subject to hydrolysis) is 1.